The molecule has 4 fully saturated rings. The first-order valence-corrected chi connectivity index (χ1v) is 21.7. The first-order valence-electron chi connectivity index (χ1n) is 19.7. The summed E-state index contributed by atoms with van der Waals surface area (Å²) in [4.78, 5) is 53.6. The van der Waals surface area contributed by atoms with Gasteiger partial charge in [0.1, 0.15) is 12.1 Å². The van der Waals surface area contributed by atoms with Crippen molar-refractivity contribution in [3.63, 3.8) is 0 Å². The van der Waals surface area contributed by atoms with Crippen molar-refractivity contribution < 1.29 is 28.3 Å². The van der Waals surface area contributed by atoms with E-state index >= 15 is 4.57 Å². The first kappa shape index (κ1) is 40.7. The zero-order chi connectivity index (χ0) is 38.3. The molecule has 4 atom stereocenters. The van der Waals surface area contributed by atoms with Crippen molar-refractivity contribution in [1.29, 1.82) is 0 Å². The van der Waals surface area contributed by atoms with Crippen molar-refractivity contribution in [3.8, 4) is 0 Å². The molecule has 6 N–H and O–H groups in total. The van der Waals surface area contributed by atoms with Gasteiger partial charge in [0.05, 0.1) is 17.4 Å². The minimum atomic E-state index is -3.81. The average molecular weight is 749 g/mol. The Kier molecular flexibility index (Phi) is 13.6. The lowest BCUT2D eigenvalue weighted by Crippen LogP contribution is -2.52. The molecule has 6 rings (SSSR count). The number of carbonyl (C=O) groups excluding carboxylic acids is 4. The number of hydrogen-bond donors (Lipinski definition) is 4. The van der Waals surface area contributed by atoms with Crippen LogP contribution in [0, 0.1) is 41.4 Å². The van der Waals surface area contributed by atoms with Gasteiger partial charge < -0.3 is 26.6 Å². The Hall–Kier alpha value is -3.49. The number of carbonyl (C=O) groups is 4. The van der Waals surface area contributed by atoms with Crippen molar-refractivity contribution >= 4 is 31.0 Å². The van der Waals surface area contributed by atoms with Crippen LogP contribution in [0.3, 0.4) is 0 Å². The molecule has 53 heavy (non-hydrogen) atoms. The molecule has 4 amide bonds. The second kappa shape index (κ2) is 17.8. The van der Waals surface area contributed by atoms with E-state index < -0.39 is 60.5 Å². The van der Waals surface area contributed by atoms with E-state index in [9.17, 15) is 19.2 Å². The van der Waals surface area contributed by atoms with Crippen LogP contribution < -0.4 is 22.1 Å². The molecule has 2 unspecified atom stereocenters. The maximum Gasteiger partial charge on any atom is 0.240 e. The molecule has 2 aromatic carbocycles. The van der Waals surface area contributed by atoms with Crippen LogP contribution in [0.2, 0.25) is 0 Å². The van der Waals surface area contributed by atoms with E-state index in [4.69, 9.17) is 16.0 Å². The molecule has 4 saturated carbocycles. The maximum atomic E-state index is 15.9. The Labute approximate surface area is 315 Å². The first-order chi connectivity index (χ1) is 25.1. The zero-order valence-corrected chi connectivity index (χ0v) is 32.9. The molecule has 290 valence electrons. The topological polar surface area (TPSA) is 171 Å². The fourth-order valence-corrected chi connectivity index (χ4v) is 12.8. The fourth-order valence-electron chi connectivity index (χ4n) is 9.61. The van der Waals surface area contributed by atoms with Crippen molar-refractivity contribution in [2.24, 2.45) is 52.9 Å². The lowest BCUT2D eigenvalue weighted by Gasteiger charge is -2.57. The summed E-state index contributed by atoms with van der Waals surface area (Å²) in [5, 5.41) is 5.80. The van der Waals surface area contributed by atoms with Gasteiger partial charge >= 0.3 is 0 Å². The smallest absolute Gasteiger partial charge is 0.240 e. The molecule has 11 heteroatoms. The molecule has 2 aromatic rings. The molecule has 0 aromatic heterocycles. The predicted octanol–water partition coefficient (Wildman–Crippen LogP) is 6.00. The highest BCUT2D eigenvalue weighted by atomic mass is 31.2. The van der Waals surface area contributed by atoms with Gasteiger partial charge in [0.15, 0.2) is 0 Å². The van der Waals surface area contributed by atoms with Gasteiger partial charge in [-0.3, -0.25) is 23.7 Å². The summed E-state index contributed by atoms with van der Waals surface area (Å²) in [7, 11) is -3.81. The molecule has 0 saturated heterocycles. The summed E-state index contributed by atoms with van der Waals surface area (Å²) in [6, 6.07) is 17.3. The molecule has 4 aliphatic carbocycles. The molecule has 4 aliphatic rings. The molecule has 4 bridgehead atoms. The van der Waals surface area contributed by atoms with Crippen LogP contribution >= 0.6 is 7.37 Å². The van der Waals surface area contributed by atoms with Crippen LogP contribution in [0.25, 0.3) is 0 Å². The van der Waals surface area contributed by atoms with Gasteiger partial charge in [-0.2, -0.15) is 0 Å². The van der Waals surface area contributed by atoms with Crippen LogP contribution in [0.1, 0.15) is 90.2 Å². The van der Waals surface area contributed by atoms with Gasteiger partial charge in [0.25, 0.3) is 0 Å². The summed E-state index contributed by atoms with van der Waals surface area (Å²) in [6.07, 6.45) is 7.04. The van der Waals surface area contributed by atoms with Crippen molar-refractivity contribution in [3.05, 3.63) is 71.8 Å². The second-order valence-electron chi connectivity index (χ2n) is 17.3. The van der Waals surface area contributed by atoms with E-state index in [1.165, 1.54) is 19.3 Å². The second-order valence-corrected chi connectivity index (χ2v) is 19.9. The summed E-state index contributed by atoms with van der Waals surface area (Å²) in [5.74, 6) is -1.98. The molecule has 0 spiro atoms. The van der Waals surface area contributed by atoms with Crippen molar-refractivity contribution in [2.75, 3.05) is 12.3 Å². The van der Waals surface area contributed by atoms with Gasteiger partial charge in [0, 0.05) is 12.3 Å². The minimum absolute atomic E-state index is 0.100. The molecular formula is C42H61N4O6P. The quantitative estimate of drug-likeness (QED) is 0.121. The Morgan fingerprint density at radius 1 is 0.679 bits per heavy atom. The lowest BCUT2D eigenvalue weighted by molar-refractivity contribution is -0.130. The third-order valence-electron chi connectivity index (χ3n) is 11.5. The number of nitrogens with two attached hydrogens (primary N) is 2. The zero-order valence-electron chi connectivity index (χ0n) is 32.0. The monoisotopic (exact) mass is 748 g/mol. The average Bonchev–Trinajstić information content (AvgIpc) is 3.06. The Morgan fingerprint density at radius 2 is 1.04 bits per heavy atom. The van der Waals surface area contributed by atoms with E-state index in [0.29, 0.717) is 30.6 Å². The number of primary amides is 2. The Bertz CT molecular complexity index is 1490. The number of amides is 4. The highest BCUT2D eigenvalue weighted by Crippen LogP contribution is 2.64. The molecule has 0 heterocycles. The summed E-state index contributed by atoms with van der Waals surface area (Å²) in [6.45, 7) is 7.83. The summed E-state index contributed by atoms with van der Waals surface area (Å²) >= 11 is 0. The van der Waals surface area contributed by atoms with E-state index in [1.54, 1.807) is 0 Å². The van der Waals surface area contributed by atoms with E-state index in [-0.39, 0.29) is 37.0 Å². The summed E-state index contributed by atoms with van der Waals surface area (Å²) < 4.78 is 23.1. The maximum absolute atomic E-state index is 15.9. The predicted molar refractivity (Wildman–Crippen MR) is 208 cm³/mol. The van der Waals surface area contributed by atoms with Gasteiger partial charge in [-0.05, 0) is 105 Å². The number of rotatable bonds is 20. The van der Waals surface area contributed by atoms with Crippen molar-refractivity contribution in [1.82, 2.24) is 10.6 Å². The van der Waals surface area contributed by atoms with E-state index in [1.807, 2.05) is 88.4 Å². The Morgan fingerprint density at radius 3 is 1.36 bits per heavy atom. The van der Waals surface area contributed by atoms with Gasteiger partial charge in [-0.15, -0.1) is 0 Å². The highest BCUT2D eigenvalue weighted by molar-refractivity contribution is 7.59. The number of nitrogens with one attached hydrogen (secondary N) is 2. The molecule has 10 nitrogen and oxygen atoms in total. The van der Waals surface area contributed by atoms with Crippen LogP contribution in [-0.2, 0) is 41.1 Å². The van der Waals surface area contributed by atoms with Gasteiger partial charge in [0.2, 0.25) is 31.0 Å². The molecule has 0 radical (unpaired) electrons. The normalized spacial score (nSPS) is 25.3. The third-order valence-corrected chi connectivity index (χ3v) is 14.2. The lowest BCUT2D eigenvalue weighted by atomic mass is 9.54. The van der Waals surface area contributed by atoms with Crippen molar-refractivity contribution in [2.45, 2.75) is 110 Å². The third kappa shape index (κ3) is 11.5. The molecular weight excluding hydrogens is 687 g/mol. The van der Waals surface area contributed by atoms with Gasteiger partial charge in [-0.1, -0.05) is 88.4 Å². The fraction of sp³-hybridized carbons (Fsp3) is 0.619. The van der Waals surface area contributed by atoms with Crippen LogP contribution in [0.4, 0.5) is 0 Å². The minimum Gasteiger partial charge on any atom is -0.368 e. The van der Waals surface area contributed by atoms with E-state index in [0.717, 1.165) is 30.4 Å². The van der Waals surface area contributed by atoms with Crippen LogP contribution in [0.15, 0.2) is 60.7 Å². The molecule has 0 aliphatic heterocycles. The van der Waals surface area contributed by atoms with Gasteiger partial charge in [-0.25, -0.2) is 0 Å². The number of benzene rings is 2. The van der Waals surface area contributed by atoms with E-state index in [2.05, 4.69) is 10.6 Å². The number of hydrogen-bond acceptors (Lipinski definition) is 6. The Balaban J connectivity index is 1.52. The summed E-state index contributed by atoms with van der Waals surface area (Å²) in [5.41, 5.74) is 12.7. The van der Waals surface area contributed by atoms with Crippen LogP contribution in [0.5, 0.6) is 0 Å². The highest BCUT2D eigenvalue weighted by Gasteiger charge is 2.55. The standard InChI is InChI=1S/C42H61N4O6P/c1-27(2)15-36(38(43)47)45-40(49)34(20-29-11-7-5-8-12-29)25-53(51,52-42-22-31-17-32(23-42)19-33(18-31)24-42)26-35(21-30-13-9-6-10-14-30)41(50)46-37(39(44)48)16-28(3)4/h5-14,27-28,31-37H,15-26H2,1-4H3,(H2,43,47)(H2,44,48)(H,45,49)(H,46,50)/t31?,32?,33?,34?,35?,36-,37-,42?,53?/m0/s1. The SMILES string of the molecule is CC(C)C[C@H](NC(=O)C(Cc1ccccc1)CP(=O)(CC(Cc1ccccc1)C(=O)N[C@@H](CC(C)C)C(N)=O)OC12CC3CC(CC(C3)C1)C2)C(N)=O. The van der Waals surface area contributed by atoms with Crippen LogP contribution in [-0.4, -0.2) is 53.6 Å². The largest absolute Gasteiger partial charge is 0.368 e.